The maximum absolute atomic E-state index is 13.3. The van der Waals surface area contributed by atoms with Crippen molar-refractivity contribution in [3.05, 3.63) is 83.9 Å². The number of nitrogens with one attached hydrogen (secondary N) is 1. The lowest BCUT2D eigenvalue weighted by atomic mass is 9.86. The van der Waals surface area contributed by atoms with E-state index in [4.69, 9.17) is 9.26 Å². The van der Waals surface area contributed by atoms with Gasteiger partial charge in [0.25, 0.3) is 5.89 Å². The van der Waals surface area contributed by atoms with E-state index in [-0.39, 0.29) is 10.8 Å². The largest absolute Gasteiger partial charge is 0.485 e. The van der Waals surface area contributed by atoms with E-state index >= 15 is 0 Å². The number of nitrogens with zero attached hydrogens (tertiary/aromatic N) is 2. The normalized spacial score (nSPS) is 18.9. The third kappa shape index (κ3) is 4.53. The maximum Gasteiger partial charge on any atom is 0.258 e. The van der Waals surface area contributed by atoms with E-state index in [9.17, 15) is 13.5 Å². The maximum atomic E-state index is 13.3. The second kappa shape index (κ2) is 9.16. The molecule has 4 aromatic rings. The van der Waals surface area contributed by atoms with Crippen LogP contribution in [-0.4, -0.2) is 35.4 Å². The number of hydrogen-bond acceptors (Lipinski definition) is 7. The van der Waals surface area contributed by atoms with Crippen molar-refractivity contribution in [1.82, 2.24) is 14.9 Å². The van der Waals surface area contributed by atoms with E-state index < -0.39 is 27.8 Å². The van der Waals surface area contributed by atoms with Crippen LogP contribution >= 0.6 is 0 Å². The highest BCUT2D eigenvalue weighted by Gasteiger charge is 2.44. The molecule has 3 aromatic carbocycles. The van der Waals surface area contributed by atoms with E-state index in [1.54, 1.807) is 56.3 Å². The molecule has 0 unspecified atom stereocenters. The summed E-state index contributed by atoms with van der Waals surface area (Å²) < 4.78 is 40.8. The van der Waals surface area contributed by atoms with E-state index in [1.807, 2.05) is 37.3 Å². The van der Waals surface area contributed by atoms with Gasteiger partial charge in [-0.15, -0.1) is 0 Å². The van der Waals surface area contributed by atoms with E-state index in [2.05, 4.69) is 14.9 Å². The Kier molecular flexibility index (Phi) is 6.15. The summed E-state index contributed by atoms with van der Waals surface area (Å²) in [4.78, 5) is 4.61. The molecule has 1 aliphatic heterocycles. The zero-order chi connectivity index (χ0) is 25.5. The van der Waals surface area contributed by atoms with Gasteiger partial charge < -0.3 is 14.4 Å². The molecule has 0 fully saturated rings. The third-order valence-corrected chi connectivity index (χ3v) is 7.83. The molecule has 0 saturated heterocycles. The highest BCUT2D eigenvalue weighted by molar-refractivity contribution is 7.89. The Balaban J connectivity index is 1.52. The van der Waals surface area contributed by atoms with Gasteiger partial charge >= 0.3 is 0 Å². The summed E-state index contributed by atoms with van der Waals surface area (Å²) in [5.74, 6) is 1.17. The lowest BCUT2D eigenvalue weighted by Gasteiger charge is -2.42. The topological polar surface area (TPSA) is 115 Å². The number of fused-ring (bicyclic) bond motifs is 1. The van der Waals surface area contributed by atoms with Gasteiger partial charge in [0.1, 0.15) is 17.5 Å². The molecule has 5 rings (SSSR count). The first-order valence-corrected chi connectivity index (χ1v) is 13.2. The lowest BCUT2D eigenvalue weighted by molar-refractivity contribution is -0.0602. The number of aryl methyl sites for hydroxylation is 1. The molecule has 0 amide bonds. The summed E-state index contributed by atoms with van der Waals surface area (Å²) in [6.45, 7) is 5.44. The highest BCUT2D eigenvalue weighted by Crippen LogP contribution is 2.42. The quantitative estimate of drug-likeness (QED) is 0.396. The molecule has 9 heteroatoms. The fraction of sp³-hybridized carbons (Fsp3) is 0.259. The van der Waals surface area contributed by atoms with Crippen molar-refractivity contribution in [2.45, 2.75) is 49.8 Å². The molecule has 36 heavy (non-hydrogen) atoms. The monoisotopic (exact) mass is 505 g/mol. The van der Waals surface area contributed by atoms with Crippen LogP contribution in [0.15, 0.2) is 82.2 Å². The summed E-state index contributed by atoms with van der Waals surface area (Å²) in [5, 5.41) is 15.2. The molecule has 1 aromatic heterocycles. The van der Waals surface area contributed by atoms with Crippen LogP contribution in [0.25, 0.3) is 22.8 Å². The Labute approximate surface area is 210 Å². The van der Waals surface area contributed by atoms with Gasteiger partial charge in [-0.05, 0) is 56.2 Å². The fourth-order valence-electron chi connectivity index (χ4n) is 4.25. The number of benzene rings is 3. The van der Waals surface area contributed by atoms with Crippen molar-refractivity contribution in [3.8, 4) is 28.6 Å². The van der Waals surface area contributed by atoms with E-state index in [1.165, 1.54) is 0 Å². The van der Waals surface area contributed by atoms with Crippen LogP contribution in [0.2, 0.25) is 0 Å². The first kappa shape index (κ1) is 24.2. The Morgan fingerprint density at radius 1 is 1.00 bits per heavy atom. The first-order valence-electron chi connectivity index (χ1n) is 11.7. The highest BCUT2D eigenvalue weighted by atomic mass is 32.2. The van der Waals surface area contributed by atoms with Crippen molar-refractivity contribution >= 4 is 10.0 Å². The summed E-state index contributed by atoms with van der Waals surface area (Å²) in [5.41, 5.74) is 1.87. The second-order valence-corrected chi connectivity index (χ2v) is 11.0. The summed E-state index contributed by atoms with van der Waals surface area (Å²) in [7, 11) is -3.94. The standard InChI is InChI=1S/C27H27N3O5S/c1-4-17-10-13-20(14-11-17)36(32,33)30-23-21-16-19(12-15-22(21)34-27(2,3)24(23)31)26-28-25(29-35-26)18-8-6-5-7-9-18/h5-16,23-24,30-31H,4H2,1-3H3/t23-,24+/m1/s1. The summed E-state index contributed by atoms with van der Waals surface area (Å²) >= 11 is 0. The molecule has 186 valence electrons. The number of sulfonamides is 1. The zero-order valence-electron chi connectivity index (χ0n) is 20.2. The molecule has 2 atom stereocenters. The Bertz CT molecular complexity index is 1480. The summed E-state index contributed by atoms with van der Waals surface area (Å²) in [6, 6.07) is 20.4. The molecule has 1 aliphatic rings. The summed E-state index contributed by atoms with van der Waals surface area (Å²) in [6.07, 6.45) is -0.356. The van der Waals surface area contributed by atoms with Crippen molar-refractivity contribution in [1.29, 1.82) is 0 Å². The fourth-order valence-corrected chi connectivity index (χ4v) is 5.47. The van der Waals surface area contributed by atoms with Crippen LogP contribution in [0.1, 0.15) is 37.9 Å². The molecule has 0 bridgehead atoms. The van der Waals surface area contributed by atoms with Gasteiger partial charge in [-0.3, -0.25) is 0 Å². The van der Waals surface area contributed by atoms with Gasteiger partial charge in [0.2, 0.25) is 15.8 Å². The predicted octanol–water partition coefficient (Wildman–Crippen LogP) is 4.52. The molecule has 8 nitrogen and oxygen atoms in total. The van der Waals surface area contributed by atoms with Crippen LogP contribution in [0.3, 0.4) is 0 Å². The Hall–Kier alpha value is -3.53. The van der Waals surface area contributed by atoms with Crippen molar-refractivity contribution in [2.24, 2.45) is 0 Å². The molecule has 2 heterocycles. The Morgan fingerprint density at radius 2 is 1.72 bits per heavy atom. The number of aliphatic hydroxyl groups is 1. The minimum Gasteiger partial charge on any atom is -0.485 e. The third-order valence-electron chi connectivity index (χ3n) is 6.37. The van der Waals surface area contributed by atoms with Gasteiger partial charge in [0.05, 0.1) is 10.9 Å². The number of ether oxygens (including phenoxy) is 1. The van der Waals surface area contributed by atoms with Crippen molar-refractivity contribution in [2.75, 3.05) is 0 Å². The van der Waals surface area contributed by atoms with Crippen LogP contribution in [-0.2, 0) is 16.4 Å². The van der Waals surface area contributed by atoms with Crippen LogP contribution in [0.4, 0.5) is 0 Å². The molecule has 2 N–H and O–H groups in total. The molecular formula is C27H27N3O5S. The molecule has 0 radical (unpaired) electrons. The van der Waals surface area contributed by atoms with Gasteiger partial charge in [0.15, 0.2) is 0 Å². The number of hydrogen-bond donors (Lipinski definition) is 2. The average molecular weight is 506 g/mol. The van der Waals surface area contributed by atoms with E-state index in [0.29, 0.717) is 22.7 Å². The smallest absolute Gasteiger partial charge is 0.258 e. The predicted molar refractivity (Wildman–Crippen MR) is 135 cm³/mol. The van der Waals surface area contributed by atoms with Crippen molar-refractivity contribution in [3.63, 3.8) is 0 Å². The SMILES string of the molecule is CCc1ccc(S(=O)(=O)N[C@@H]2c3cc(-c4nc(-c5ccccc5)no4)ccc3OC(C)(C)[C@H]2O)cc1. The van der Waals surface area contributed by atoms with E-state index in [0.717, 1.165) is 17.5 Å². The average Bonchev–Trinajstić information content (AvgIpc) is 3.37. The lowest BCUT2D eigenvalue weighted by Crippen LogP contribution is -2.53. The Morgan fingerprint density at radius 3 is 2.42 bits per heavy atom. The van der Waals surface area contributed by atoms with Gasteiger partial charge in [-0.25, -0.2) is 13.1 Å². The molecule has 0 aliphatic carbocycles. The first-order chi connectivity index (χ1) is 17.2. The number of aliphatic hydroxyl groups excluding tert-OH is 1. The minimum atomic E-state index is -3.94. The van der Waals surface area contributed by atoms with Crippen LogP contribution < -0.4 is 9.46 Å². The zero-order valence-corrected chi connectivity index (χ0v) is 21.0. The van der Waals surface area contributed by atoms with Crippen LogP contribution in [0.5, 0.6) is 5.75 Å². The van der Waals surface area contributed by atoms with Gasteiger partial charge in [0, 0.05) is 16.7 Å². The number of rotatable bonds is 6. The van der Waals surface area contributed by atoms with Gasteiger partial charge in [-0.2, -0.15) is 4.98 Å². The number of aromatic nitrogens is 2. The van der Waals surface area contributed by atoms with Crippen molar-refractivity contribution < 1.29 is 22.8 Å². The van der Waals surface area contributed by atoms with Gasteiger partial charge in [-0.1, -0.05) is 54.5 Å². The second-order valence-electron chi connectivity index (χ2n) is 9.29. The van der Waals surface area contributed by atoms with Crippen LogP contribution in [0, 0.1) is 0 Å². The molecule has 0 spiro atoms. The molecule has 0 saturated carbocycles. The molecular weight excluding hydrogens is 478 g/mol. The minimum absolute atomic E-state index is 0.123.